The van der Waals surface area contributed by atoms with Gasteiger partial charge in [-0.05, 0) is 55.5 Å². The molecule has 0 saturated carbocycles. The molecule has 8 heteroatoms. The van der Waals surface area contributed by atoms with Crippen LogP contribution < -0.4 is 4.74 Å². The molecule has 0 amide bonds. The molecule has 0 unspecified atom stereocenters. The maximum absolute atomic E-state index is 13.9. The van der Waals surface area contributed by atoms with Gasteiger partial charge in [0.25, 0.3) is 0 Å². The van der Waals surface area contributed by atoms with Gasteiger partial charge in [-0.15, -0.1) is 0 Å². The van der Waals surface area contributed by atoms with Gasteiger partial charge in [-0.2, -0.15) is 0 Å². The first-order valence-corrected chi connectivity index (χ1v) is 11.8. The summed E-state index contributed by atoms with van der Waals surface area (Å²) in [6.45, 7) is 2.30. The normalized spacial score (nSPS) is 11.2. The number of nitrogens with one attached hydrogen (secondary N) is 1. The summed E-state index contributed by atoms with van der Waals surface area (Å²) in [5.41, 5.74) is 4.39. The van der Waals surface area contributed by atoms with E-state index in [1.54, 1.807) is 24.0 Å². The van der Waals surface area contributed by atoms with E-state index in [-0.39, 0.29) is 5.82 Å². The van der Waals surface area contributed by atoms with Crippen LogP contribution in [0, 0.1) is 5.82 Å². The Morgan fingerprint density at radius 2 is 1.91 bits per heavy atom. The van der Waals surface area contributed by atoms with Crippen molar-refractivity contribution in [3.63, 3.8) is 0 Å². The molecular formula is C25H20ClFN4OS. The number of benzene rings is 3. The van der Waals surface area contributed by atoms with Gasteiger partial charge < -0.3 is 9.72 Å². The predicted octanol–water partition coefficient (Wildman–Crippen LogP) is 6.90. The minimum atomic E-state index is -0.348. The molecule has 0 aliphatic carbocycles. The highest BCUT2D eigenvalue weighted by Crippen LogP contribution is 2.36. The lowest BCUT2D eigenvalue weighted by atomic mass is 10.1. The van der Waals surface area contributed by atoms with Gasteiger partial charge in [0, 0.05) is 22.3 Å². The summed E-state index contributed by atoms with van der Waals surface area (Å²) >= 11 is 7.69. The third kappa shape index (κ3) is 4.47. The number of halogens is 2. The van der Waals surface area contributed by atoms with Gasteiger partial charge in [-0.3, -0.25) is 4.57 Å². The molecule has 33 heavy (non-hydrogen) atoms. The number of para-hydroxylation sites is 2. The van der Waals surface area contributed by atoms with Crippen LogP contribution in [-0.2, 0) is 5.75 Å². The average molecular weight is 479 g/mol. The SMILES string of the molecule is CCOc1cc(F)ccc1-c1cnc(SCc2nc3ccccc3[nH]2)n1-c1ccc(Cl)cc1. The van der Waals surface area contributed by atoms with Crippen molar-refractivity contribution in [2.24, 2.45) is 0 Å². The first-order chi connectivity index (χ1) is 16.1. The van der Waals surface area contributed by atoms with Crippen molar-refractivity contribution >= 4 is 34.4 Å². The van der Waals surface area contributed by atoms with Gasteiger partial charge in [-0.1, -0.05) is 35.5 Å². The van der Waals surface area contributed by atoms with Crippen LogP contribution in [0.25, 0.3) is 28.0 Å². The second-order valence-electron chi connectivity index (χ2n) is 7.30. The Hall–Kier alpha value is -3.29. The quantitative estimate of drug-likeness (QED) is 0.258. The van der Waals surface area contributed by atoms with Gasteiger partial charge in [0.2, 0.25) is 0 Å². The van der Waals surface area contributed by atoms with E-state index in [9.17, 15) is 4.39 Å². The van der Waals surface area contributed by atoms with E-state index in [1.807, 2.05) is 60.0 Å². The fraction of sp³-hybridized carbons (Fsp3) is 0.120. The highest BCUT2D eigenvalue weighted by molar-refractivity contribution is 7.98. The van der Waals surface area contributed by atoms with Crippen molar-refractivity contribution in [1.82, 2.24) is 19.5 Å². The lowest BCUT2D eigenvalue weighted by molar-refractivity contribution is 0.339. The minimum Gasteiger partial charge on any atom is -0.493 e. The first-order valence-electron chi connectivity index (χ1n) is 10.4. The zero-order chi connectivity index (χ0) is 22.8. The summed E-state index contributed by atoms with van der Waals surface area (Å²) in [7, 11) is 0. The number of nitrogens with zero attached hydrogens (tertiary/aromatic N) is 3. The molecule has 1 N–H and O–H groups in total. The molecule has 5 nitrogen and oxygen atoms in total. The van der Waals surface area contributed by atoms with E-state index in [4.69, 9.17) is 16.3 Å². The highest BCUT2D eigenvalue weighted by atomic mass is 35.5. The van der Waals surface area contributed by atoms with Crippen molar-refractivity contribution in [3.05, 3.63) is 89.6 Å². The van der Waals surface area contributed by atoms with Gasteiger partial charge in [0.15, 0.2) is 5.16 Å². The van der Waals surface area contributed by atoms with Crippen LogP contribution in [0.2, 0.25) is 5.02 Å². The summed E-state index contributed by atoms with van der Waals surface area (Å²) in [5, 5.41) is 1.42. The third-order valence-corrected chi connectivity index (χ3v) is 6.33. The van der Waals surface area contributed by atoms with E-state index in [0.29, 0.717) is 23.1 Å². The number of fused-ring (bicyclic) bond motifs is 1. The van der Waals surface area contributed by atoms with Gasteiger partial charge in [0.05, 0.1) is 35.3 Å². The monoisotopic (exact) mass is 478 g/mol. The molecule has 0 radical (unpaired) electrons. The Morgan fingerprint density at radius 1 is 1.09 bits per heavy atom. The minimum absolute atomic E-state index is 0.348. The van der Waals surface area contributed by atoms with Gasteiger partial charge in [0.1, 0.15) is 17.4 Å². The Balaban J connectivity index is 1.56. The number of imidazole rings is 2. The van der Waals surface area contributed by atoms with E-state index in [1.165, 1.54) is 12.1 Å². The topological polar surface area (TPSA) is 55.7 Å². The first kappa shape index (κ1) is 21.6. The summed E-state index contributed by atoms with van der Waals surface area (Å²) in [5.74, 6) is 1.60. The molecule has 5 aromatic rings. The zero-order valence-corrected chi connectivity index (χ0v) is 19.3. The number of aromatic amines is 1. The molecule has 0 bridgehead atoms. The zero-order valence-electron chi connectivity index (χ0n) is 17.8. The maximum atomic E-state index is 13.9. The van der Waals surface area contributed by atoms with E-state index in [0.717, 1.165) is 39.0 Å². The second-order valence-corrected chi connectivity index (χ2v) is 8.68. The molecular weight excluding hydrogens is 459 g/mol. The number of H-pyrrole nitrogens is 1. The fourth-order valence-corrected chi connectivity index (χ4v) is 4.64. The molecule has 0 saturated heterocycles. The molecule has 0 fully saturated rings. The number of ether oxygens (including phenoxy) is 1. The van der Waals surface area contributed by atoms with Crippen molar-refractivity contribution in [1.29, 1.82) is 0 Å². The maximum Gasteiger partial charge on any atom is 0.173 e. The van der Waals surface area contributed by atoms with Crippen LogP contribution in [0.4, 0.5) is 4.39 Å². The van der Waals surface area contributed by atoms with Crippen LogP contribution in [0.1, 0.15) is 12.7 Å². The molecule has 3 aromatic carbocycles. The Morgan fingerprint density at radius 3 is 2.70 bits per heavy atom. The Bertz CT molecular complexity index is 1380. The molecule has 0 atom stereocenters. The number of rotatable bonds is 7. The lowest BCUT2D eigenvalue weighted by Gasteiger charge is -2.15. The number of aromatic nitrogens is 4. The second kappa shape index (κ2) is 9.29. The molecule has 166 valence electrons. The summed E-state index contributed by atoms with van der Waals surface area (Å²) in [4.78, 5) is 12.7. The largest absolute Gasteiger partial charge is 0.493 e. The lowest BCUT2D eigenvalue weighted by Crippen LogP contribution is -2.02. The summed E-state index contributed by atoms with van der Waals surface area (Å²) < 4.78 is 21.7. The van der Waals surface area contributed by atoms with Gasteiger partial charge in [-0.25, -0.2) is 14.4 Å². The molecule has 2 heterocycles. The van der Waals surface area contributed by atoms with E-state index >= 15 is 0 Å². The Labute approximate surface area is 199 Å². The number of hydrogen-bond acceptors (Lipinski definition) is 4. The summed E-state index contributed by atoms with van der Waals surface area (Å²) in [6, 6.07) is 20.0. The van der Waals surface area contributed by atoms with Crippen LogP contribution in [0.15, 0.2) is 78.1 Å². The molecule has 0 spiro atoms. The van der Waals surface area contributed by atoms with Crippen LogP contribution in [-0.4, -0.2) is 26.1 Å². The standard InChI is InChI=1S/C25H20ClFN4OS/c1-2-32-23-13-17(27)9-12-19(23)22-14-28-25(31(22)18-10-7-16(26)8-11-18)33-15-24-29-20-5-3-4-6-21(20)30-24/h3-14H,2,15H2,1H3,(H,29,30). The Kier molecular flexibility index (Phi) is 6.07. The molecule has 0 aliphatic rings. The molecule has 0 aliphatic heterocycles. The number of hydrogen-bond donors (Lipinski definition) is 1. The van der Waals surface area contributed by atoms with Crippen molar-refractivity contribution in [3.8, 4) is 22.7 Å². The van der Waals surface area contributed by atoms with E-state index < -0.39 is 0 Å². The smallest absolute Gasteiger partial charge is 0.173 e. The fourth-order valence-electron chi connectivity index (χ4n) is 3.66. The van der Waals surface area contributed by atoms with Crippen molar-refractivity contribution in [2.45, 2.75) is 17.8 Å². The average Bonchev–Trinajstić information content (AvgIpc) is 3.42. The number of thioether (sulfide) groups is 1. The van der Waals surface area contributed by atoms with Crippen molar-refractivity contribution in [2.75, 3.05) is 6.61 Å². The van der Waals surface area contributed by atoms with Gasteiger partial charge >= 0.3 is 0 Å². The molecule has 5 rings (SSSR count). The van der Waals surface area contributed by atoms with Crippen molar-refractivity contribution < 1.29 is 9.13 Å². The third-order valence-electron chi connectivity index (χ3n) is 5.11. The van der Waals surface area contributed by atoms with Crippen LogP contribution >= 0.6 is 23.4 Å². The van der Waals surface area contributed by atoms with E-state index in [2.05, 4.69) is 15.0 Å². The summed E-state index contributed by atoms with van der Waals surface area (Å²) in [6.07, 6.45) is 1.78. The predicted molar refractivity (Wildman–Crippen MR) is 131 cm³/mol. The molecule has 2 aromatic heterocycles. The van der Waals surface area contributed by atoms with Crippen LogP contribution in [0.5, 0.6) is 5.75 Å². The highest BCUT2D eigenvalue weighted by Gasteiger charge is 2.18. The van der Waals surface area contributed by atoms with Crippen LogP contribution in [0.3, 0.4) is 0 Å².